The molecule has 1 saturated heterocycles. The van der Waals surface area contributed by atoms with Crippen LogP contribution in [0.2, 0.25) is 5.02 Å². The lowest BCUT2D eigenvalue weighted by Gasteiger charge is -2.30. The van der Waals surface area contributed by atoms with Crippen LogP contribution in [0, 0.1) is 11.8 Å². The summed E-state index contributed by atoms with van der Waals surface area (Å²) in [4.78, 5) is 15.1. The first kappa shape index (κ1) is 26.8. The molecule has 2 heterocycles. The Bertz CT molecular complexity index is 1530. The number of Topliss-reactive ketones (excluding diaryl/α,β-unsaturated/α-hetero) is 1. The van der Waals surface area contributed by atoms with Gasteiger partial charge in [-0.1, -0.05) is 48.0 Å². The van der Waals surface area contributed by atoms with E-state index in [1.807, 2.05) is 43.6 Å². The molecule has 0 saturated carbocycles. The Morgan fingerprint density at radius 3 is 2.55 bits per heavy atom. The Morgan fingerprint density at radius 2 is 1.77 bits per heavy atom. The maximum atomic E-state index is 13.4. The summed E-state index contributed by atoms with van der Waals surface area (Å²) in [5, 5.41) is 1.75. The van der Waals surface area contributed by atoms with Crippen LogP contribution in [-0.2, 0) is 26.6 Å². The lowest BCUT2D eigenvalue weighted by molar-refractivity contribution is -0.919. The highest BCUT2D eigenvalue weighted by Gasteiger charge is 2.35. The summed E-state index contributed by atoms with van der Waals surface area (Å²) in [5.41, 5.74) is 5.38. The molecule has 6 rings (SSSR count). The fourth-order valence-electron chi connectivity index (χ4n) is 6.50. The first-order valence-electron chi connectivity index (χ1n) is 14.3. The van der Waals surface area contributed by atoms with Gasteiger partial charge in [0, 0.05) is 29.2 Å². The molecule has 1 aliphatic heterocycles. The summed E-state index contributed by atoms with van der Waals surface area (Å²) < 4.78 is 14.0. The van der Waals surface area contributed by atoms with Crippen LogP contribution in [-0.4, -0.2) is 26.0 Å². The number of benzene rings is 3. The van der Waals surface area contributed by atoms with Crippen molar-refractivity contribution in [2.45, 2.75) is 38.8 Å². The first-order valence-corrected chi connectivity index (χ1v) is 14.7. The predicted molar refractivity (Wildman–Crippen MR) is 157 cm³/mol. The standard InChI is InChI=1S/C34H36ClN2O3/c1-36-13-12-30(35)28-9-8-25(17-31(28)36)22-40-33-19-26-18-27(34(38)29(26)20-32(33)39-2)16-23-10-14-37(15-11-23)21-24-6-4-3-5-7-24/h3-9,12-13,17,19-20,23,27H,10-11,14-16,18,21-22H2,1-2H3/q+1/p+1. The third-order valence-electron chi connectivity index (χ3n) is 8.76. The Hall–Kier alpha value is -3.41. The highest BCUT2D eigenvalue weighted by Crippen LogP contribution is 2.39. The number of methoxy groups -OCH3 is 1. The minimum atomic E-state index is 0.0564. The van der Waals surface area contributed by atoms with Gasteiger partial charge in [0.15, 0.2) is 23.5 Å². The van der Waals surface area contributed by atoms with Gasteiger partial charge in [-0.25, -0.2) is 4.57 Å². The molecule has 1 aromatic heterocycles. The van der Waals surface area contributed by atoms with E-state index in [-0.39, 0.29) is 11.7 Å². The number of ether oxygens (including phenoxy) is 2. The highest BCUT2D eigenvalue weighted by atomic mass is 35.5. The molecular weight excluding hydrogens is 520 g/mol. The van der Waals surface area contributed by atoms with Crippen molar-refractivity contribution in [1.29, 1.82) is 0 Å². The molecule has 0 amide bonds. The molecule has 1 fully saturated rings. The molecule has 1 atom stereocenters. The van der Waals surface area contributed by atoms with E-state index < -0.39 is 0 Å². The number of nitrogens with zero attached hydrogens (tertiary/aromatic N) is 1. The fourth-order valence-corrected chi connectivity index (χ4v) is 6.71. The van der Waals surface area contributed by atoms with Gasteiger partial charge in [0.25, 0.3) is 0 Å². The van der Waals surface area contributed by atoms with E-state index in [1.165, 1.54) is 31.5 Å². The lowest BCUT2D eigenvalue weighted by Crippen LogP contribution is -3.11. The second kappa shape index (κ2) is 11.6. The fraction of sp³-hybridized carbons (Fsp3) is 0.353. The van der Waals surface area contributed by atoms with E-state index >= 15 is 0 Å². The number of carbonyl (C=O) groups is 1. The molecule has 206 valence electrons. The van der Waals surface area contributed by atoms with Gasteiger partial charge in [-0.05, 0) is 60.9 Å². The van der Waals surface area contributed by atoms with Gasteiger partial charge in [-0.15, -0.1) is 0 Å². The van der Waals surface area contributed by atoms with Crippen molar-refractivity contribution in [1.82, 2.24) is 0 Å². The van der Waals surface area contributed by atoms with Crippen molar-refractivity contribution < 1.29 is 23.7 Å². The van der Waals surface area contributed by atoms with Gasteiger partial charge < -0.3 is 14.4 Å². The first-order chi connectivity index (χ1) is 19.5. The number of piperidine rings is 1. The van der Waals surface area contributed by atoms with Gasteiger partial charge in [-0.3, -0.25) is 4.79 Å². The molecule has 40 heavy (non-hydrogen) atoms. The van der Waals surface area contributed by atoms with Crippen molar-refractivity contribution in [2.75, 3.05) is 20.2 Å². The number of pyridine rings is 1. The molecule has 0 radical (unpaired) electrons. The number of hydrogen-bond acceptors (Lipinski definition) is 3. The van der Waals surface area contributed by atoms with E-state index in [1.54, 1.807) is 12.0 Å². The topological polar surface area (TPSA) is 43.9 Å². The minimum absolute atomic E-state index is 0.0564. The van der Waals surface area contributed by atoms with Crippen LogP contribution >= 0.6 is 11.6 Å². The van der Waals surface area contributed by atoms with Crippen molar-refractivity contribution in [3.63, 3.8) is 0 Å². The zero-order valence-electron chi connectivity index (χ0n) is 23.3. The summed E-state index contributed by atoms with van der Waals surface area (Å²) >= 11 is 6.38. The van der Waals surface area contributed by atoms with Gasteiger partial charge in [0.1, 0.15) is 20.2 Å². The molecule has 2 aliphatic rings. The molecule has 5 nitrogen and oxygen atoms in total. The Labute approximate surface area is 241 Å². The summed E-state index contributed by atoms with van der Waals surface area (Å²) in [6.45, 7) is 3.85. The van der Waals surface area contributed by atoms with Crippen molar-refractivity contribution in [3.05, 3.63) is 100 Å². The summed E-state index contributed by atoms with van der Waals surface area (Å²) in [7, 11) is 3.64. The molecule has 1 unspecified atom stereocenters. The number of halogens is 1. The van der Waals surface area contributed by atoms with Crippen LogP contribution in [0.1, 0.15) is 46.3 Å². The van der Waals surface area contributed by atoms with E-state index in [0.29, 0.717) is 24.0 Å². The lowest BCUT2D eigenvalue weighted by atomic mass is 9.85. The Balaban J connectivity index is 1.09. The third-order valence-corrected chi connectivity index (χ3v) is 9.09. The average molecular weight is 557 g/mol. The summed E-state index contributed by atoms with van der Waals surface area (Å²) in [6, 6.07) is 22.8. The quantitative estimate of drug-likeness (QED) is 0.305. The molecule has 3 aromatic carbocycles. The maximum absolute atomic E-state index is 13.4. The molecular formula is C34H37ClN2O3+2. The molecule has 0 spiro atoms. The number of rotatable bonds is 8. The largest absolute Gasteiger partial charge is 0.493 e. The molecule has 0 bridgehead atoms. The Kier molecular flexibility index (Phi) is 7.77. The van der Waals surface area contributed by atoms with Crippen LogP contribution in [0.5, 0.6) is 11.5 Å². The molecule has 1 aliphatic carbocycles. The van der Waals surface area contributed by atoms with Crippen LogP contribution in [0.4, 0.5) is 0 Å². The highest BCUT2D eigenvalue weighted by molar-refractivity contribution is 6.35. The van der Waals surface area contributed by atoms with Gasteiger partial charge in [0.05, 0.1) is 30.6 Å². The number of quaternary nitrogens is 1. The summed E-state index contributed by atoms with van der Waals surface area (Å²) in [6.07, 6.45) is 6.10. The monoisotopic (exact) mass is 556 g/mol. The number of aryl methyl sites for hydroxylation is 1. The van der Waals surface area contributed by atoms with Crippen molar-refractivity contribution in [3.8, 4) is 11.5 Å². The number of fused-ring (bicyclic) bond motifs is 2. The van der Waals surface area contributed by atoms with Crippen LogP contribution in [0.3, 0.4) is 0 Å². The number of likely N-dealkylation sites (tertiary alicyclic amines) is 1. The number of nitrogens with one attached hydrogen (secondary N) is 1. The van der Waals surface area contributed by atoms with E-state index in [0.717, 1.165) is 52.0 Å². The zero-order valence-corrected chi connectivity index (χ0v) is 24.0. The normalized spacial score (nSPS) is 20.5. The van der Waals surface area contributed by atoms with E-state index in [9.17, 15) is 4.79 Å². The number of carbonyl (C=O) groups excluding carboxylic acids is 1. The Morgan fingerprint density at radius 1 is 0.975 bits per heavy atom. The van der Waals surface area contributed by atoms with Crippen molar-refractivity contribution in [2.24, 2.45) is 18.9 Å². The second-order valence-electron chi connectivity index (χ2n) is 11.4. The zero-order chi connectivity index (χ0) is 27.6. The van der Waals surface area contributed by atoms with E-state index in [4.69, 9.17) is 21.1 Å². The second-order valence-corrected chi connectivity index (χ2v) is 11.8. The number of aromatic nitrogens is 1. The van der Waals surface area contributed by atoms with Gasteiger partial charge in [-0.2, -0.15) is 0 Å². The van der Waals surface area contributed by atoms with Gasteiger partial charge >= 0.3 is 0 Å². The number of ketones is 1. The van der Waals surface area contributed by atoms with E-state index in [2.05, 4.69) is 41.0 Å². The average Bonchev–Trinajstić information content (AvgIpc) is 3.28. The van der Waals surface area contributed by atoms with Crippen LogP contribution in [0.25, 0.3) is 10.9 Å². The van der Waals surface area contributed by atoms with Gasteiger partial charge in [0.2, 0.25) is 5.52 Å². The number of hydrogen-bond donors (Lipinski definition) is 1. The molecule has 6 heteroatoms. The SMILES string of the molecule is COc1cc2c(cc1OCc1ccc3c(Cl)cc[n+](C)c3c1)CC(CC1CC[NH+](Cc3ccccc3)CC1)C2=O. The predicted octanol–water partition coefficient (Wildman–Crippen LogP) is 5.15. The smallest absolute Gasteiger partial charge is 0.214 e. The maximum Gasteiger partial charge on any atom is 0.214 e. The minimum Gasteiger partial charge on any atom is -0.493 e. The molecule has 1 N–H and O–H groups in total. The third kappa shape index (κ3) is 5.59. The van der Waals surface area contributed by atoms with Crippen LogP contribution in [0.15, 0.2) is 72.9 Å². The van der Waals surface area contributed by atoms with Crippen LogP contribution < -0.4 is 18.9 Å². The summed E-state index contributed by atoms with van der Waals surface area (Å²) in [5.74, 6) is 2.23. The van der Waals surface area contributed by atoms with Crippen molar-refractivity contribution >= 4 is 28.3 Å². The molecule has 4 aromatic rings.